The molecule has 0 aliphatic heterocycles. The molecule has 2 heterocycles. The molecule has 0 amide bonds. The molecule has 9 nitrogen and oxygen atoms in total. The van der Waals surface area contributed by atoms with Gasteiger partial charge in [0.1, 0.15) is 11.5 Å². The van der Waals surface area contributed by atoms with E-state index in [0.29, 0.717) is 11.7 Å². The molecule has 9 heteroatoms. The van der Waals surface area contributed by atoms with Gasteiger partial charge in [-0.15, -0.1) is 0 Å². The summed E-state index contributed by atoms with van der Waals surface area (Å²) in [4.78, 5) is 28.9. The molecular weight excluding hydrogens is 240 g/mol. The van der Waals surface area contributed by atoms with E-state index >= 15 is 0 Å². The first kappa shape index (κ1) is 11.9. The van der Waals surface area contributed by atoms with Crippen LogP contribution in [0, 0.1) is 6.92 Å². The first-order valence-electron chi connectivity index (χ1n) is 5.11. The van der Waals surface area contributed by atoms with Gasteiger partial charge in [-0.3, -0.25) is 14.3 Å². The lowest BCUT2D eigenvalue weighted by Crippen LogP contribution is -2.32. The molecule has 0 unspecified atom stereocenters. The van der Waals surface area contributed by atoms with Gasteiger partial charge in [0.05, 0.1) is 6.54 Å². The third kappa shape index (κ3) is 2.10. The number of nitrogens with two attached hydrogens (primary N) is 1. The third-order valence-corrected chi connectivity index (χ3v) is 2.36. The van der Waals surface area contributed by atoms with E-state index in [1.807, 2.05) is 0 Å². The van der Waals surface area contributed by atoms with Gasteiger partial charge in [0.25, 0.3) is 5.56 Å². The third-order valence-electron chi connectivity index (χ3n) is 2.36. The van der Waals surface area contributed by atoms with E-state index in [4.69, 9.17) is 10.3 Å². The number of H-pyrrole nitrogens is 1. The fourth-order valence-electron chi connectivity index (χ4n) is 1.38. The zero-order valence-electron chi connectivity index (χ0n) is 9.85. The quantitative estimate of drug-likeness (QED) is 0.635. The summed E-state index contributed by atoms with van der Waals surface area (Å²) in [5.74, 6) is 0.856. The average molecular weight is 252 g/mol. The number of rotatable bonds is 3. The van der Waals surface area contributed by atoms with E-state index in [1.165, 1.54) is 7.05 Å². The van der Waals surface area contributed by atoms with Crippen molar-refractivity contribution in [1.29, 1.82) is 0 Å². The summed E-state index contributed by atoms with van der Waals surface area (Å²) in [6.45, 7) is 1.83. The van der Waals surface area contributed by atoms with E-state index in [2.05, 4.69) is 20.4 Å². The molecule has 0 fully saturated rings. The van der Waals surface area contributed by atoms with Gasteiger partial charge in [-0.1, -0.05) is 5.16 Å². The van der Waals surface area contributed by atoms with Crippen molar-refractivity contribution < 1.29 is 4.52 Å². The zero-order valence-corrected chi connectivity index (χ0v) is 9.85. The SMILES string of the molecule is Cc1noc(CNc2c(N)n(C)c(=O)[nH]c2=O)n1. The second kappa shape index (κ2) is 4.35. The highest BCUT2D eigenvalue weighted by Crippen LogP contribution is 2.09. The van der Waals surface area contributed by atoms with Crippen LogP contribution in [0.15, 0.2) is 14.1 Å². The fourth-order valence-corrected chi connectivity index (χ4v) is 1.38. The molecule has 4 N–H and O–H groups in total. The van der Waals surface area contributed by atoms with Crippen molar-refractivity contribution in [3.63, 3.8) is 0 Å². The molecule has 0 aromatic carbocycles. The normalized spacial score (nSPS) is 10.6. The van der Waals surface area contributed by atoms with Gasteiger partial charge in [0, 0.05) is 7.05 Å². The highest BCUT2D eigenvalue weighted by Gasteiger charge is 2.11. The fraction of sp³-hybridized carbons (Fsp3) is 0.333. The summed E-state index contributed by atoms with van der Waals surface area (Å²) in [5, 5.41) is 6.36. The summed E-state index contributed by atoms with van der Waals surface area (Å²) < 4.78 is 6.00. The number of hydrogen-bond donors (Lipinski definition) is 3. The summed E-state index contributed by atoms with van der Waals surface area (Å²) in [7, 11) is 1.45. The molecule has 0 atom stereocenters. The number of aryl methyl sites for hydroxylation is 1. The lowest BCUT2D eigenvalue weighted by atomic mass is 10.4. The van der Waals surface area contributed by atoms with Crippen LogP contribution in [-0.2, 0) is 13.6 Å². The van der Waals surface area contributed by atoms with Crippen molar-refractivity contribution in [2.45, 2.75) is 13.5 Å². The maximum atomic E-state index is 11.6. The molecule has 2 aromatic heterocycles. The van der Waals surface area contributed by atoms with Gasteiger partial charge in [0.15, 0.2) is 5.82 Å². The Bertz CT molecular complexity index is 682. The first-order valence-corrected chi connectivity index (χ1v) is 5.11. The number of nitrogens with zero attached hydrogens (tertiary/aromatic N) is 3. The van der Waals surface area contributed by atoms with Gasteiger partial charge in [-0.25, -0.2) is 4.79 Å². The van der Waals surface area contributed by atoms with Crippen molar-refractivity contribution in [2.75, 3.05) is 11.1 Å². The molecule has 96 valence electrons. The van der Waals surface area contributed by atoms with E-state index in [1.54, 1.807) is 6.92 Å². The number of anilines is 2. The predicted molar refractivity (Wildman–Crippen MR) is 63.1 cm³/mol. The van der Waals surface area contributed by atoms with Crippen LogP contribution in [0.5, 0.6) is 0 Å². The number of nitrogen functional groups attached to an aromatic ring is 1. The molecule has 2 aromatic rings. The first-order chi connectivity index (χ1) is 8.49. The van der Waals surface area contributed by atoms with Crippen LogP contribution in [0.3, 0.4) is 0 Å². The van der Waals surface area contributed by atoms with Gasteiger partial charge < -0.3 is 15.6 Å². The number of hydrogen-bond acceptors (Lipinski definition) is 7. The van der Waals surface area contributed by atoms with Crippen LogP contribution in [-0.4, -0.2) is 19.7 Å². The second-order valence-electron chi connectivity index (χ2n) is 3.67. The standard InChI is InChI=1S/C9H12N6O3/c1-4-12-5(18-14-4)3-11-6-7(10)15(2)9(17)13-8(6)16/h11H,3,10H2,1-2H3,(H,13,16,17). The van der Waals surface area contributed by atoms with Crippen molar-refractivity contribution in [3.05, 3.63) is 32.6 Å². The monoisotopic (exact) mass is 252 g/mol. The maximum Gasteiger partial charge on any atom is 0.329 e. The van der Waals surface area contributed by atoms with Gasteiger partial charge in [-0.05, 0) is 6.92 Å². The van der Waals surface area contributed by atoms with Crippen molar-refractivity contribution in [1.82, 2.24) is 19.7 Å². The zero-order chi connectivity index (χ0) is 13.3. The lowest BCUT2D eigenvalue weighted by molar-refractivity contribution is 0.379. The largest absolute Gasteiger partial charge is 0.383 e. The van der Waals surface area contributed by atoms with Crippen LogP contribution < -0.4 is 22.3 Å². The van der Waals surface area contributed by atoms with Crippen molar-refractivity contribution >= 4 is 11.5 Å². The minimum atomic E-state index is -0.591. The lowest BCUT2D eigenvalue weighted by Gasteiger charge is -2.08. The highest BCUT2D eigenvalue weighted by molar-refractivity contribution is 5.60. The number of nitrogens with one attached hydrogen (secondary N) is 2. The Morgan fingerprint density at radius 2 is 2.22 bits per heavy atom. The Labute approximate surface area is 101 Å². The molecule has 0 saturated carbocycles. The molecule has 0 spiro atoms. The van der Waals surface area contributed by atoms with Gasteiger partial charge in [0.2, 0.25) is 5.89 Å². The minimum Gasteiger partial charge on any atom is -0.383 e. The topological polar surface area (TPSA) is 132 Å². The maximum absolute atomic E-state index is 11.6. The second-order valence-corrected chi connectivity index (χ2v) is 3.67. The van der Waals surface area contributed by atoms with Crippen molar-refractivity contribution in [2.24, 2.45) is 7.05 Å². The number of aromatic nitrogens is 4. The van der Waals surface area contributed by atoms with Crippen LogP contribution in [0.1, 0.15) is 11.7 Å². The van der Waals surface area contributed by atoms with Crippen molar-refractivity contribution in [3.8, 4) is 0 Å². The summed E-state index contributed by atoms with van der Waals surface area (Å²) in [6, 6.07) is 0. The Balaban J connectivity index is 2.27. The Hall–Kier alpha value is -2.58. The molecule has 0 aliphatic carbocycles. The van der Waals surface area contributed by atoms with Crippen LogP contribution in [0.4, 0.5) is 11.5 Å². The van der Waals surface area contributed by atoms with Crippen LogP contribution in [0.2, 0.25) is 0 Å². The van der Waals surface area contributed by atoms with Gasteiger partial charge >= 0.3 is 5.69 Å². The molecule has 0 radical (unpaired) electrons. The van der Waals surface area contributed by atoms with E-state index in [9.17, 15) is 9.59 Å². The average Bonchev–Trinajstić information content (AvgIpc) is 2.72. The van der Waals surface area contributed by atoms with Crippen LogP contribution >= 0.6 is 0 Å². The van der Waals surface area contributed by atoms with Crippen LogP contribution in [0.25, 0.3) is 0 Å². The molecular formula is C9H12N6O3. The molecule has 0 aliphatic rings. The smallest absolute Gasteiger partial charge is 0.329 e. The predicted octanol–water partition coefficient (Wildman–Crippen LogP) is -1.04. The highest BCUT2D eigenvalue weighted by atomic mass is 16.5. The van der Waals surface area contributed by atoms with E-state index < -0.39 is 11.2 Å². The molecule has 0 saturated heterocycles. The molecule has 0 bridgehead atoms. The minimum absolute atomic E-state index is 0.0417. The Kier molecular flexibility index (Phi) is 2.88. The molecule has 18 heavy (non-hydrogen) atoms. The summed E-state index contributed by atoms with van der Waals surface area (Å²) in [5.41, 5.74) is 4.59. The van der Waals surface area contributed by atoms with E-state index in [0.717, 1.165) is 4.57 Å². The molecule has 2 rings (SSSR count). The Morgan fingerprint density at radius 3 is 2.83 bits per heavy atom. The van der Waals surface area contributed by atoms with Gasteiger partial charge in [-0.2, -0.15) is 4.98 Å². The van der Waals surface area contributed by atoms with E-state index in [-0.39, 0.29) is 18.1 Å². The Morgan fingerprint density at radius 1 is 1.50 bits per heavy atom. The number of aromatic amines is 1. The summed E-state index contributed by atoms with van der Waals surface area (Å²) >= 11 is 0. The summed E-state index contributed by atoms with van der Waals surface area (Å²) in [6.07, 6.45) is 0.